The third-order valence-corrected chi connectivity index (χ3v) is 13.2. The van der Waals surface area contributed by atoms with E-state index in [4.69, 9.17) is 20.3 Å². The molecule has 2 unspecified atom stereocenters. The number of benzene rings is 2. The molecule has 19 nitrogen and oxygen atoms in total. The van der Waals surface area contributed by atoms with Crippen molar-refractivity contribution >= 4 is 61.0 Å². The van der Waals surface area contributed by atoms with Crippen molar-refractivity contribution < 1.29 is 38.6 Å². The average molecular weight is 1010 g/mol. The van der Waals surface area contributed by atoms with E-state index in [0.29, 0.717) is 67.6 Å². The van der Waals surface area contributed by atoms with Gasteiger partial charge in [-0.25, -0.2) is 4.99 Å². The van der Waals surface area contributed by atoms with E-state index in [0.717, 1.165) is 80.4 Å². The van der Waals surface area contributed by atoms with Gasteiger partial charge in [0.1, 0.15) is 42.4 Å². The highest BCUT2D eigenvalue weighted by Gasteiger charge is 2.43. The fourth-order valence-corrected chi connectivity index (χ4v) is 9.25. The lowest BCUT2D eigenvalue weighted by Gasteiger charge is -2.45. The van der Waals surface area contributed by atoms with E-state index >= 15 is 0 Å². The van der Waals surface area contributed by atoms with E-state index in [9.17, 15) is 29.1 Å². The van der Waals surface area contributed by atoms with Gasteiger partial charge in [0.15, 0.2) is 5.84 Å². The maximum Gasteiger partial charge on any atom is 0.249 e. The normalized spacial score (nSPS) is 19.4. The lowest BCUT2D eigenvalue weighted by atomic mass is 9.90. The van der Waals surface area contributed by atoms with Gasteiger partial charge in [-0.15, -0.1) is 0 Å². The molecular weight excluding hydrogens is 931 g/mol. The number of rotatable bonds is 22. The van der Waals surface area contributed by atoms with E-state index in [1.165, 1.54) is 26.1 Å². The molecule has 19 heteroatoms. The molecule has 3 aliphatic rings. The van der Waals surface area contributed by atoms with Gasteiger partial charge in [-0.2, -0.15) is 5.10 Å². The van der Waals surface area contributed by atoms with E-state index in [1.54, 1.807) is 62.6 Å². The Morgan fingerprint density at radius 1 is 1.07 bits per heavy atom. The number of aryl methyl sites for hydroxylation is 1. The smallest absolute Gasteiger partial charge is 0.249 e. The molecule has 398 valence electrons. The minimum atomic E-state index is -0.546. The van der Waals surface area contributed by atoms with Crippen molar-refractivity contribution in [3.63, 3.8) is 0 Å². The fraction of sp³-hybridized carbons (Fsp3) is 0.537. The van der Waals surface area contributed by atoms with Crippen LogP contribution in [0.25, 0.3) is 0 Å². The number of hydrogen-bond donors (Lipinski definition) is 4. The zero-order valence-corrected chi connectivity index (χ0v) is 44.0. The zero-order valence-electron chi connectivity index (χ0n) is 44.0. The molecule has 2 atom stereocenters. The van der Waals surface area contributed by atoms with Gasteiger partial charge in [0, 0.05) is 69.5 Å². The number of carbonyl (C=O) groups excluding carboxylic acids is 5. The molecule has 0 radical (unpaired) electrons. The molecule has 0 spiro atoms. The number of carbonyl (C=O) groups is 5. The van der Waals surface area contributed by atoms with E-state index in [1.807, 2.05) is 36.1 Å². The number of ether oxygens (including phenoxy) is 2. The van der Waals surface area contributed by atoms with Crippen LogP contribution in [0.1, 0.15) is 111 Å². The fourth-order valence-electron chi connectivity index (χ4n) is 9.25. The highest BCUT2D eigenvalue weighted by Crippen LogP contribution is 2.36. The first-order valence-electron chi connectivity index (χ1n) is 25.1. The Morgan fingerprint density at radius 3 is 2.41 bits per heavy atom. The Kier molecular flexibility index (Phi) is 27.6. The molecule has 3 amide bonds. The summed E-state index contributed by atoms with van der Waals surface area (Å²) in [6.45, 7) is 8.50. The van der Waals surface area contributed by atoms with E-state index < -0.39 is 12.6 Å². The number of hydrazone groups is 1. The summed E-state index contributed by atoms with van der Waals surface area (Å²) >= 11 is 0. The third-order valence-electron chi connectivity index (χ3n) is 13.2. The lowest BCUT2D eigenvalue weighted by Crippen LogP contribution is -2.60. The number of aliphatic imine (C=N–C) groups is 3. The second-order valence-electron chi connectivity index (χ2n) is 17.8. The first-order chi connectivity index (χ1) is 35.4. The predicted molar refractivity (Wildman–Crippen MR) is 288 cm³/mol. The largest absolute Gasteiger partial charge is 0.494 e. The van der Waals surface area contributed by atoms with Gasteiger partial charge in [0.05, 0.1) is 44.8 Å². The number of nitrogens with two attached hydrogens (primary N) is 2. The van der Waals surface area contributed by atoms with Crippen molar-refractivity contribution in [1.29, 1.82) is 0 Å². The minimum Gasteiger partial charge on any atom is -0.494 e. The quantitative estimate of drug-likeness (QED) is 0.0316. The number of likely N-dealkylation sites (N-methyl/N-ethyl adjacent to an activating group) is 2. The third kappa shape index (κ3) is 18.1. The monoisotopic (exact) mass is 1010 g/mol. The first-order valence-corrected chi connectivity index (χ1v) is 25.1. The number of nitrogens with zero attached hydrogens (tertiary/aromatic N) is 8. The van der Waals surface area contributed by atoms with Gasteiger partial charge in [0.2, 0.25) is 17.7 Å². The number of aldehydes is 2. The van der Waals surface area contributed by atoms with E-state index in [-0.39, 0.29) is 42.3 Å². The van der Waals surface area contributed by atoms with Crippen LogP contribution < -0.4 is 21.6 Å². The average Bonchev–Trinajstić information content (AvgIpc) is 3.95. The van der Waals surface area contributed by atoms with Crippen LogP contribution >= 0.6 is 0 Å². The summed E-state index contributed by atoms with van der Waals surface area (Å²) in [7, 11) is 8.27. The van der Waals surface area contributed by atoms with Crippen LogP contribution in [0, 0.1) is 18.8 Å². The van der Waals surface area contributed by atoms with E-state index in [2.05, 4.69) is 56.5 Å². The molecule has 2 aromatic rings. The standard InChI is InChI=1S/C31H44N6O6.C22H30N4O2.CH5N/c1-33-30(41)14-13-28(22-39)36(2)20-29-24(7-5-8-25(29)21-38)6-3-4-18-43-19-17-37(31(42)23-40)27-11-9-26(10-12-27)34-15-16-35-32;1-6-18-22(27)25(4)19(14-23-3)21(26(18)16-9-7-8-10-16)24-17-12-11-15(2)13-20(17)28-5;1-2/h5,7-8,15-16,21-22,26-28,40H,4,9-14,17-20,23,32H2,1-2H3,(H,33,41);11-14,16,18H,3,6-10H2,1-2,4-5H3;2H2,1H3/b34-15?,35-16-;19-14+,24-21?;. The Morgan fingerprint density at radius 2 is 1.79 bits per heavy atom. The van der Waals surface area contributed by atoms with Gasteiger partial charge >= 0.3 is 0 Å². The van der Waals surface area contributed by atoms with Crippen molar-refractivity contribution in [1.82, 2.24) is 24.9 Å². The van der Waals surface area contributed by atoms with Gasteiger partial charge in [-0.3, -0.25) is 34.1 Å². The van der Waals surface area contributed by atoms with Gasteiger partial charge < -0.3 is 51.0 Å². The highest BCUT2D eigenvalue weighted by molar-refractivity contribution is 6.15. The van der Waals surface area contributed by atoms with Crippen LogP contribution in [-0.4, -0.2) is 172 Å². The molecule has 5 rings (SSSR count). The van der Waals surface area contributed by atoms with Crippen LogP contribution in [0.15, 0.2) is 68.4 Å². The molecule has 6 N–H and O–H groups in total. The Hall–Kier alpha value is -6.59. The van der Waals surface area contributed by atoms with Crippen LogP contribution in [0.4, 0.5) is 5.69 Å². The Bertz CT molecular complexity index is 2290. The highest BCUT2D eigenvalue weighted by atomic mass is 16.5. The summed E-state index contributed by atoms with van der Waals surface area (Å²) < 4.78 is 11.3. The second-order valence-corrected chi connectivity index (χ2v) is 17.8. The number of hydrogen-bond acceptors (Lipinski definition) is 15. The summed E-state index contributed by atoms with van der Waals surface area (Å²) in [5.74, 6) is 12.4. The number of nitrogens with one attached hydrogen (secondary N) is 1. The maximum absolute atomic E-state index is 13.1. The molecule has 0 aromatic heterocycles. The number of aliphatic hydroxyl groups is 1. The summed E-state index contributed by atoms with van der Waals surface area (Å²) in [4.78, 5) is 81.3. The molecule has 3 fully saturated rings. The molecule has 2 saturated carbocycles. The number of amidine groups is 1. The SMILES string of the molecule is C=N/C=C1\C(=Nc2ccc(C)cc2OC)N(C2CCCC2)C(CC)C(=O)N1C.CN.CNC(=O)CCC(C=O)N(C)Cc1c(C#CCCOCCN(C(=O)CO)C2CCC(N=C/C=N\N)CC2)cccc1C=O. The molecule has 1 aliphatic heterocycles. The predicted octanol–water partition coefficient (Wildman–Crippen LogP) is 4.58. The molecule has 2 aliphatic carbocycles. The number of amides is 3. The van der Waals surface area contributed by atoms with Gasteiger partial charge in [-0.1, -0.05) is 49.8 Å². The lowest BCUT2D eigenvalue weighted by molar-refractivity contribution is -0.138. The van der Waals surface area contributed by atoms with Crippen molar-refractivity contribution in [2.75, 3.05) is 61.7 Å². The van der Waals surface area contributed by atoms with Crippen molar-refractivity contribution in [2.24, 2.45) is 31.7 Å². The molecule has 1 saturated heterocycles. The van der Waals surface area contributed by atoms with Crippen molar-refractivity contribution in [3.05, 3.63) is 70.5 Å². The van der Waals surface area contributed by atoms with Crippen LogP contribution in [0.2, 0.25) is 0 Å². The molecule has 73 heavy (non-hydrogen) atoms. The Balaban J connectivity index is 0.000000403. The van der Waals surface area contributed by atoms with Crippen molar-refractivity contribution in [3.8, 4) is 17.6 Å². The summed E-state index contributed by atoms with van der Waals surface area (Å²) in [5.41, 5.74) is 8.93. The van der Waals surface area contributed by atoms with Gasteiger partial charge in [-0.05, 0) is 108 Å². The topological polar surface area (TPSA) is 251 Å². The summed E-state index contributed by atoms with van der Waals surface area (Å²) in [6.07, 6.45) is 15.8. The number of methoxy groups -OCH3 is 1. The number of piperazine rings is 1. The molecular formula is C54H79N11O8. The van der Waals surface area contributed by atoms with Gasteiger partial charge in [0.25, 0.3) is 0 Å². The maximum atomic E-state index is 13.1. The second kappa shape index (κ2) is 33.2. The van der Waals surface area contributed by atoms with Crippen molar-refractivity contribution in [2.45, 2.75) is 128 Å². The molecule has 0 bridgehead atoms. The molecule has 2 aromatic carbocycles. The minimum absolute atomic E-state index is 0.0296. The Labute approximate surface area is 432 Å². The van der Waals surface area contributed by atoms with Crippen LogP contribution in [0.5, 0.6) is 5.75 Å². The summed E-state index contributed by atoms with van der Waals surface area (Å²) in [5, 5.41) is 15.4. The summed E-state index contributed by atoms with van der Waals surface area (Å²) in [6, 6.07) is 11.1. The van der Waals surface area contributed by atoms with Crippen LogP contribution in [0.3, 0.4) is 0 Å². The first kappa shape index (κ1) is 60.7. The number of aliphatic hydroxyl groups excluding tert-OH is 1. The molecule has 1 heterocycles. The van der Waals surface area contributed by atoms with Crippen LogP contribution in [-0.2, 0) is 30.5 Å². The zero-order chi connectivity index (χ0) is 53.7.